The van der Waals surface area contributed by atoms with E-state index in [0.717, 1.165) is 43.8 Å². The van der Waals surface area contributed by atoms with Crippen LogP contribution in [-0.2, 0) is 6.42 Å². The van der Waals surface area contributed by atoms with E-state index in [4.69, 9.17) is 22.9 Å². The molecule has 0 fully saturated rings. The SMILES string of the molecule is Nc1cc(N)c2cccc3c2c1Cc1c(N)cc(N)c2cccc-3c12. The molecule has 0 radical (unpaired) electrons. The number of anilines is 4. The zero-order chi connectivity index (χ0) is 17.3. The smallest absolute Gasteiger partial charge is 0.0414 e. The Hall–Kier alpha value is -3.40. The molecular formula is C21H18N4. The summed E-state index contributed by atoms with van der Waals surface area (Å²) < 4.78 is 0. The van der Waals surface area contributed by atoms with Crippen LogP contribution in [0.15, 0.2) is 48.5 Å². The van der Waals surface area contributed by atoms with E-state index in [-0.39, 0.29) is 0 Å². The Bertz CT molecular complexity index is 1110. The summed E-state index contributed by atoms with van der Waals surface area (Å²) in [6, 6.07) is 16.1. The molecule has 0 saturated carbocycles. The van der Waals surface area contributed by atoms with E-state index in [0.29, 0.717) is 29.2 Å². The number of fused-ring (bicyclic) bond motifs is 1. The number of hydrogen-bond donors (Lipinski definition) is 4. The van der Waals surface area contributed by atoms with Crippen molar-refractivity contribution in [2.75, 3.05) is 22.9 Å². The minimum absolute atomic E-state index is 0.666. The van der Waals surface area contributed by atoms with Gasteiger partial charge in [-0.1, -0.05) is 36.4 Å². The number of benzene rings is 4. The van der Waals surface area contributed by atoms with Gasteiger partial charge in [-0.15, -0.1) is 0 Å². The molecule has 4 aromatic carbocycles. The van der Waals surface area contributed by atoms with Gasteiger partial charge in [-0.2, -0.15) is 0 Å². The predicted molar refractivity (Wildman–Crippen MR) is 107 cm³/mol. The van der Waals surface area contributed by atoms with E-state index in [9.17, 15) is 0 Å². The highest BCUT2D eigenvalue weighted by molar-refractivity contribution is 6.15. The zero-order valence-corrected chi connectivity index (χ0v) is 13.6. The first kappa shape index (κ1) is 14.0. The van der Waals surface area contributed by atoms with Gasteiger partial charge < -0.3 is 22.9 Å². The maximum Gasteiger partial charge on any atom is 0.0414 e. The molecule has 4 heteroatoms. The molecule has 0 aromatic heterocycles. The third kappa shape index (κ3) is 1.71. The van der Waals surface area contributed by atoms with Crippen LogP contribution in [0.5, 0.6) is 0 Å². The zero-order valence-electron chi connectivity index (χ0n) is 13.6. The van der Waals surface area contributed by atoms with Gasteiger partial charge in [0.15, 0.2) is 0 Å². The molecule has 4 nitrogen and oxygen atoms in total. The van der Waals surface area contributed by atoms with Crippen LogP contribution in [0.2, 0.25) is 0 Å². The topological polar surface area (TPSA) is 104 Å². The Morgan fingerprint density at radius 1 is 0.560 bits per heavy atom. The van der Waals surface area contributed by atoms with Gasteiger partial charge in [-0.3, -0.25) is 0 Å². The lowest BCUT2D eigenvalue weighted by atomic mass is 9.92. The third-order valence-corrected chi connectivity index (χ3v) is 5.32. The average Bonchev–Trinajstić information content (AvgIpc) is 2.75. The van der Waals surface area contributed by atoms with Crippen LogP contribution in [0.4, 0.5) is 22.7 Å². The van der Waals surface area contributed by atoms with E-state index in [2.05, 4.69) is 12.1 Å². The van der Waals surface area contributed by atoms with Crippen LogP contribution in [-0.4, -0.2) is 0 Å². The minimum atomic E-state index is 0.666. The molecule has 1 aliphatic rings. The highest BCUT2D eigenvalue weighted by atomic mass is 14.6. The van der Waals surface area contributed by atoms with Crippen LogP contribution in [0.25, 0.3) is 32.7 Å². The van der Waals surface area contributed by atoms with Crippen molar-refractivity contribution in [3.05, 3.63) is 59.7 Å². The second-order valence-corrected chi connectivity index (χ2v) is 6.70. The summed E-state index contributed by atoms with van der Waals surface area (Å²) in [5.41, 5.74) is 32.5. The summed E-state index contributed by atoms with van der Waals surface area (Å²) in [5, 5.41) is 4.28. The van der Waals surface area contributed by atoms with Gasteiger partial charge in [-0.25, -0.2) is 0 Å². The van der Waals surface area contributed by atoms with Crippen molar-refractivity contribution in [3.8, 4) is 11.1 Å². The van der Waals surface area contributed by atoms with Gasteiger partial charge in [0.2, 0.25) is 0 Å². The third-order valence-electron chi connectivity index (χ3n) is 5.32. The monoisotopic (exact) mass is 326 g/mol. The fourth-order valence-corrected chi connectivity index (χ4v) is 4.20. The molecule has 0 spiro atoms. The molecule has 0 amide bonds. The first-order valence-electron chi connectivity index (χ1n) is 8.25. The molecule has 1 aliphatic carbocycles. The summed E-state index contributed by atoms with van der Waals surface area (Å²) in [4.78, 5) is 0. The Balaban J connectivity index is 2.09. The number of nitrogens with two attached hydrogens (primary N) is 4. The van der Waals surface area contributed by atoms with Crippen molar-refractivity contribution in [1.29, 1.82) is 0 Å². The van der Waals surface area contributed by atoms with Crippen molar-refractivity contribution < 1.29 is 0 Å². The van der Waals surface area contributed by atoms with Gasteiger partial charge in [-0.05, 0) is 45.2 Å². The molecule has 0 atom stereocenters. The molecule has 0 bridgehead atoms. The molecule has 25 heavy (non-hydrogen) atoms. The Kier molecular flexibility index (Phi) is 2.56. The van der Waals surface area contributed by atoms with E-state index < -0.39 is 0 Å². The number of rotatable bonds is 0. The highest BCUT2D eigenvalue weighted by Gasteiger charge is 2.23. The van der Waals surface area contributed by atoms with Crippen LogP contribution >= 0.6 is 0 Å². The van der Waals surface area contributed by atoms with Crippen LogP contribution in [0.1, 0.15) is 11.1 Å². The Morgan fingerprint density at radius 2 is 1.00 bits per heavy atom. The molecule has 4 aromatic rings. The van der Waals surface area contributed by atoms with Crippen molar-refractivity contribution in [3.63, 3.8) is 0 Å². The van der Waals surface area contributed by atoms with Gasteiger partial charge >= 0.3 is 0 Å². The lowest BCUT2D eigenvalue weighted by Gasteiger charge is -2.14. The van der Waals surface area contributed by atoms with Crippen molar-refractivity contribution >= 4 is 44.3 Å². The Labute approximate surface area is 145 Å². The highest BCUT2D eigenvalue weighted by Crippen LogP contribution is 2.46. The largest absolute Gasteiger partial charge is 0.398 e. The normalized spacial score (nSPS) is 12.5. The summed E-state index contributed by atoms with van der Waals surface area (Å²) >= 11 is 0. The molecule has 5 rings (SSSR count). The Morgan fingerprint density at radius 3 is 1.44 bits per heavy atom. The van der Waals surface area contributed by atoms with Gasteiger partial charge in [0.05, 0.1) is 0 Å². The van der Waals surface area contributed by atoms with Crippen LogP contribution in [0.3, 0.4) is 0 Å². The maximum atomic E-state index is 6.37. The molecule has 122 valence electrons. The van der Waals surface area contributed by atoms with Gasteiger partial charge in [0, 0.05) is 39.9 Å². The summed E-state index contributed by atoms with van der Waals surface area (Å²) in [6.07, 6.45) is 0.666. The minimum Gasteiger partial charge on any atom is -0.398 e. The van der Waals surface area contributed by atoms with Crippen LogP contribution in [0, 0.1) is 0 Å². The summed E-state index contributed by atoms with van der Waals surface area (Å²) in [5.74, 6) is 0. The lowest BCUT2D eigenvalue weighted by molar-refractivity contribution is 1.25. The van der Waals surface area contributed by atoms with Crippen LogP contribution < -0.4 is 22.9 Å². The van der Waals surface area contributed by atoms with Gasteiger partial charge in [0.1, 0.15) is 0 Å². The molecule has 0 saturated heterocycles. The fourth-order valence-electron chi connectivity index (χ4n) is 4.20. The van der Waals surface area contributed by atoms with E-state index in [1.54, 1.807) is 0 Å². The number of hydrogen-bond acceptors (Lipinski definition) is 4. The predicted octanol–water partition coefficient (Wildman–Crippen LogP) is 3.89. The van der Waals surface area contributed by atoms with E-state index in [1.165, 1.54) is 0 Å². The summed E-state index contributed by atoms with van der Waals surface area (Å²) in [6.45, 7) is 0. The standard InChI is InChI=1S/C21H18N4/c22-16-8-18(24)14-7-15-19(25)9-17(23)13-6-2-4-11(21(13)15)10-3-1-5-12(16)20(10)14/h1-6,8-9H,7,22-25H2. The fraction of sp³-hybridized carbons (Fsp3) is 0.0476. The summed E-state index contributed by atoms with van der Waals surface area (Å²) in [7, 11) is 0. The second kappa shape index (κ2) is 4.57. The maximum absolute atomic E-state index is 6.37. The quantitative estimate of drug-likeness (QED) is 0.324. The molecule has 0 aliphatic heterocycles. The molecular weight excluding hydrogens is 308 g/mol. The lowest BCUT2D eigenvalue weighted by Crippen LogP contribution is -2.02. The molecule has 0 heterocycles. The van der Waals surface area contributed by atoms with Crippen molar-refractivity contribution in [2.24, 2.45) is 0 Å². The van der Waals surface area contributed by atoms with Crippen molar-refractivity contribution in [1.82, 2.24) is 0 Å². The average molecular weight is 326 g/mol. The number of nitrogen functional groups attached to an aromatic ring is 4. The van der Waals surface area contributed by atoms with E-state index >= 15 is 0 Å². The molecule has 0 unspecified atom stereocenters. The first-order valence-corrected chi connectivity index (χ1v) is 8.25. The van der Waals surface area contributed by atoms with E-state index in [1.807, 2.05) is 36.4 Å². The van der Waals surface area contributed by atoms with Gasteiger partial charge in [0.25, 0.3) is 0 Å². The second-order valence-electron chi connectivity index (χ2n) is 6.70. The first-order chi connectivity index (χ1) is 12.1. The van der Waals surface area contributed by atoms with Crippen molar-refractivity contribution in [2.45, 2.75) is 6.42 Å². The molecule has 8 N–H and O–H groups in total.